The van der Waals surface area contributed by atoms with Crippen molar-refractivity contribution in [2.24, 2.45) is 7.05 Å². The van der Waals surface area contributed by atoms with E-state index in [4.69, 9.17) is 5.73 Å². The molecule has 0 bridgehead atoms. The number of anilines is 1. The molecule has 1 unspecified atom stereocenters. The maximum absolute atomic E-state index is 12.7. The van der Waals surface area contributed by atoms with Gasteiger partial charge in [-0.05, 0) is 52.9 Å². The summed E-state index contributed by atoms with van der Waals surface area (Å²) in [7, 11) is 2.05. The summed E-state index contributed by atoms with van der Waals surface area (Å²) in [4.78, 5) is 16.1. The van der Waals surface area contributed by atoms with Crippen LogP contribution in [-0.4, -0.2) is 20.6 Å². The molecule has 0 radical (unpaired) electrons. The molecule has 34 heavy (non-hydrogen) atoms. The molecule has 7 nitrogen and oxygen atoms in total. The number of carbonyl (C=O) groups excluding carboxylic acids is 1. The monoisotopic (exact) mass is 451 g/mol. The van der Waals surface area contributed by atoms with Crippen molar-refractivity contribution in [2.75, 3.05) is 5.73 Å². The number of aromatic amines is 1. The van der Waals surface area contributed by atoms with Crippen molar-refractivity contribution in [1.29, 1.82) is 0 Å². The number of phenolic OH excluding ortho intramolecular Hbond substituents is 1. The molecular weight excluding hydrogens is 426 g/mol. The summed E-state index contributed by atoms with van der Waals surface area (Å²) in [6.45, 7) is 1.26. The maximum Gasteiger partial charge on any atom is 0.252 e. The first kappa shape index (κ1) is 20.4. The lowest BCUT2D eigenvalue weighted by Crippen LogP contribution is -2.22. The third kappa shape index (κ3) is 3.21. The van der Waals surface area contributed by atoms with Crippen molar-refractivity contribution < 1.29 is 9.90 Å². The van der Waals surface area contributed by atoms with Gasteiger partial charge in [0.05, 0.1) is 17.2 Å². The molecule has 0 aliphatic carbocycles. The van der Waals surface area contributed by atoms with Crippen LogP contribution in [0.2, 0.25) is 0 Å². The van der Waals surface area contributed by atoms with E-state index in [1.807, 2.05) is 25.2 Å². The number of fused-ring (bicyclic) bond motifs is 3. The lowest BCUT2D eigenvalue weighted by atomic mass is 9.95. The molecule has 0 saturated heterocycles. The van der Waals surface area contributed by atoms with E-state index in [-0.39, 0.29) is 17.7 Å². The Morgan fingerprint density at radius 1 is 1.09 bits per heavy atom. The molecule has 6 N–H and O–H groups in total. The van der Waals surface area contributed by atoms with E-state index < -0.39 is 0 Å². The molecule has 6 rings (SSSR count). The van der Waals surface area contributed by atoms with Gasteiger partial charge in [0.15, 0.2) is 0 Å². The Morgan fingerprint density at radius 3 is 2.85 bits per heavy atom. The van der Waals surface area contributed by atoms with Crippen LogP contribution in [0.15, 0.2) is 66.9 Å². The van der Waals surface area contributed by atoms with Gasteiger partial charge in [0, 0.05) is 54.1 Å². The average molecular weight is 452 g/mol. The summed E-state index contributed by atoms with van der Waals surface area (Å²) in [5, 5.41) is 18.9. The Bertz CT molecular complexity index is 1580. The second-order valence-electron chi connectivity index (χ2n) is 8.89. The summed E-state index contributed by atoms with van der Waals surface area (Å²) < 4.78 is 2.12. The molecule has 0 fully saturated rings. The van der Waals surface area contributed by atoms with Crippen LogP contribution in [0.1, 0.15) is 38.8 Å². The summed E-state index contributed by atoms with van der Waals surface area (Å²) >= 11 is 0. The van der Waals surface area contributed by atoms with Gasteiger partial charge in [0.2, 0.25) is 0 Å². The number of nitrogens with zero attached hydrogens (tertiary/aromatic N) is 1. The summed E-state index contributed by atoms with van der Waals surface area (Å²) in [5.74, 6) is -0.0108. The number of aromatic hydroxyl groups is 1. The Balaban J connectivity index is 1.36. The number of para-hydroxylation sites is 1. The molecule has 1 atom stereocenters. The van der Waals surface area contributed by atoms with Gasteiger partial charge in [0.1, 0.15) is 5.75 Å². The van der Waals surface area contributed by atoms with Gasteiger partial charge >= 0.3 is 0 Å². The minimum atomic E-state index is -0.373. The van der Waals surface area contributed by atoms with E-state index >= 15 is 0 Å². The Hall–Kier alpha value is -4.23. The predicted octanol–water partition coefficient (Wildman–Crippen LogP) is 4.07. The number of aryl methyl sites for hydroxylation is 1. The number of benzene rings is 3. The third-order valence-corrected chi connectivity index (χ3v) is 6.73. The zero-order valence-electron chi connectivity index (χ0n) is 18.7. The number of hydrogen-bond donors (Lipinski definition) is 5. The first-order chi connectivity index (χ1) is 16.5. The smallest absolute Gasteiger partial charge is 0.252 e. The molecule has 0 saturated carbocycles. The quantitative estimate of drug-likeness (QED) is 0.260. The number of nitrogens with two attached hydrogens (primary N) is 1. The van der Waals surface area contributed by atoms with Gasteiger partial charge in [0.25, 0.3) is 5.91 Å². The first-order valence-electron chi connectivity index (χ1n) is 11.3. The topological polar surface area (TPSA) is 108 Å². The highest BCUT2D eigenvalue weighted by Gasteiger charge is 2.33. The fraction of sp³-hybridized carbons (Fsp3) is 0.148. The fourth-order valence-corrected chi connectivity index (χ4v) is 5.04. The number of phenols is 1. The van der Waals surface area contributed by atoms with Gasteiger partial charge in [-0.2, -0.15) is 0 Å². The third-order valence-electron chi connectivity index (χ3n) is 6.73. The predicted molar refractivity (Wildman–Crippen MR) is 134 cm³/mol. The molecule has 2 aromatic heterocycles. The van der Waals surface area contributed by atoms with Crippen LogP contribution >= 0.6 is 0 Å². The van der Waals surface area contributed by atoms with E-state index in [1.165, 1.54) is 16.5 Å². The van der Waals surface area contributed by atoms with Gasteiger partial charge in [-0.3, -0.25) is 4.79 Å². The van der Waals surface area contributed by atoms with E-state index in [1.54, 1.807) is 18.2 Å². The lowest BCUT2D eigenvalue weighted by molar-refractivity contribution is 0.0960. The van der Waals surface area contributed by atoms with Crippen LogP contribution in [0.4, 0.5) is 5.69 Å². The molecular formula is C27H25N5O2. The van der Waals surface area contributed by atoms with Crippen LogP contribution in [0.5, 0.6) is 5.75 Å². The van der Waals surface area contributed by atoms with E-state index in [2.05, 4.69) is 50.6 Å². The van der Waals surface area contributed by atoms with Crippen LogP contribution in [0, 0.1) is 0 Å². The summed E-state index contributed by atoms with van der Waals surface area (Å²) in [6, 6.07) is 18.9. The number of amides is 1. The van der Waals surface area contributed by atoms with E-state index in [0.717, 1.165) is 27.7 Å². The molecule has 0 spiro atoms. The van der Waals surface area contributed by atoms with Crippen LogP contribution < -0.4 is 16.4 Å². The largest absolute Gasteiger partial charge is 0.508 e. The normalized spacial score (nSPS) is 15.2. The summed E-state index contributed by atoms with van der Waals surface area (Å²) in [5.41, 5.74) is 13.4. The van der Waals surface area contributed by atoms with Crippen LogP contribution in [0.25, 0.3) is 21.8 Å². The average Bonchev–Trinajstić information content (AvgIpc) is 3.48. The van der Waals surface area contributed by atoms with Crippen LogP contribution in [-0.2, 0) is 20.1 Å². The Morgan fingerprint density at radius 2 is 1.97 bits per heavy atom. The van der Waals surface area contributed by atoms with Crippen molar-refractivity contribution in [3.63, 3.8) is 0 Å². The molecule has 5 aromatic rings. The summed E-state index contributed by atoms with van der Waals surface area (Å²) in [6.07, 6.45) is 2.06. The number of hydrogen-bond acceptors (Lipinski definition) is 4. The number of H-pyrrole nitrogens is 1. The highest BCUT2D eigenvalue weighted by atomic mass is 16.3. The zero-order valence-corrected chi connectivity index (χ0v) is 18.7. The molecule has 1 aliphatic rings. The Kier molecular flexibility index (Phi) is 4.60. The molecule has 170 valence electrons. The van der Waals surface area contributed by atoms with Crippen molar-refractivity contribution >= 4 is 33.4 Å². The van der Waals surface area contributed by atoms with Crippen molar-refractivity contribution in [3.8, 4) is 5.75 Å². The van der Waals surface area contributed by atoms with Gasteiger partial charge in [-0.15, -0.1) is 0 Å². The molecule has 3 aromatic carbocycles. The standard InChI is InChI=1S/C27H25N5O2/c1-32-10-9-16-6-5-15(11-23(16)32)13-29-14-22-24(19-3-2-4-21(28)25(19)30-22)26-20-12-17(33)7-8-18(20)27(34)31-26/h2-12,26,29-30,33H,13-14,28H2,1H3,(H,31,34). The molecule has 1 aliphatic heterocycles. The lowest BCUT2D eigenvalue weighted by Gasteiger charge is -2.15. The molecule has 3 heterocycles. The Labute approximate surface area is 196 Å². The number of nitrogens with one attached hydrogen (secondary N) is 3. The molecule has 1 amide bonds. The maximum atomic E-state index is 12.7. The second kappa shape index (κ2) is 7.67. The van der Waals surface area contributed by atoms with Crippen molar-refractivity contribution in [1.82, 2.24) is 20.2 Å². The highest BCUT2D eigenvalue weighted by molar-refractivity contribution is 6.02. The SMILES string of the molecule is Cn1ccc2ccc(CNCc3[nH]c4c(N)cccc4c3C3NC(=O)c4ccc(O)cc43)cc21. The number of aromatic nitrogens is 2. The first-order valence-corrected chi connectivity index (χ1v) is 11.3. The number of carbonyl (C=O) groups is 1. The van der Waals surface area contributed by atoms with E-state index in [9.17, 15) is 9.90 Å². The van der Waals surface area contributed by atoms with E-state index in [0.29, 0.717) is 24.3 Å². The fourth-order valence-electron chi connectivity index (χ4n) is 5.04. The van der Waals surface area contributed by atoms with Gasteiger partial charge < -0.3 is 31.0 Å². The molecule has 7 heteroatoms. The minimum absolute atomic E-state index is 0.135. The second-order valence-corrected chi connectivity index (χ2v) is 8.89. The van der Waals surface area contributed by atoms with Crippen molar-refractivity contribution in [3.05, 3.63) is 94.8 Å². The van der Waals surface area contributed by atoms with Crippen LogP contribution in [0.3, 0.4) is 0 Å². The zero-order chi connectivity index (χ0) is 23.4. The number of nitrogen functional groups attached to an aromatic ring is 1. The van der Waals surface area contributed by atoms with Crippen molar-refractivity contribution in [2.45, 2.75) is 19.1 Å². The highest BCUT2D eigenvalue weighted by Crippen LogP contribution is 2.39. The van der Waals surface area contributed by atoms with Gasteiger partial charge in [-0.25, -0.2) is 0 Å². The number of rotatable bonds is 5. The minimum Gasteiger partial charge on any atom is -0.508 e. The van der Waals surface area contributed by atoms with Gasteiger partial charge in [-0.1, -0.05) is 24.3 Å².